The molecule has 0 amide bonds. The molecule has 0 bridgehead atoms. The van der Waals surface area contributed by atoms with Crippen LogP contribution in [-0.2, 0) is 13.2 Å². The van der Waals surface area contributed by atoms with E-state index in [1.54, 1.807) is 0 Å². The summed E-state index contributed by atoms with van der Waals surface area (Å²) in [6, 6.07) is 21.7. The van der Waals surface area contributed by atoms with Crippen LogP contribution in [0.3, 0.4) is 0 Å². The van der Waals surface area contributed by atoms with Crippen molar-refractivity contribution in [3.8, 4) is 5.75 Å². The Morgan fingerprint density at radius 1 is 0.840 bits per heavy atom. The average molecular weight is 372 g/mol. The lowest BCUT2D eigenvalue weighted by molar-refractivity contribution is 0.306. The molecule has 0 atom stereocenters. The normalized spacial score (nSPS) is 10.5. The summed E-state index contributed by atoms with van der Waals surface area (Å²) in [6.45, 7) is 3.25. The fraction of sp³-hybridized carbons (Fsp3) is 0.143. The summed E-state index contributed by atoms with van der Waals surface area (Å²) in [4.78, 5) is 0. The Morgan fingerprint density at radius 3 is 2.20 bits per heavy atom. The van der Waals surface area contributed by atoms with Crippen LogP contribution in [-0.4, -0.2) is 0 Å². The Labute approximate surface area is 158 Å². The van der Waals surface area contributed by atoms with Crippen molar-refractivity contribution < 1.29 is 4.74 Å². The third kappa shape index (κ3) is 5.15. The number of benzene rings is 3. The van der Waals surface area contributed by atoms with Gasteiger partial charge in [-0.3, -0.25) is 0 Å². The van der Waals surface area contributed by atoms with E-state index in [0.717, 1.165) is 21.8 Å². The molecule has 0 saturated heterocycles. The number of ether oxygens (including phenoxy) is 1. The van der Waals surface area contributed by atoms with Crippen LogP contribution < -0.4 is 10.1 Å². The van der Waals surface area contributed by atoms with Gasteiger partial charge in [-0.1, -0.05) is 59.1 Å². The van der Waals surface area contributed by atoms with Crippen molar-refractivity contribution in [3.05, 3.63) is 93.5 Å². The summed E-state index contributed by atoms with van der Waals surface area (Å²) in [6.07, 6.45) is 0. The molecule has 0 aliphatic rings. The molecule has 128 valence electrons. The Bertz CT molecular complexity index is 830. The lowest BCUT2D eigenvalue weighted by Gasteiger charge is -2.11. The molecule has 1 N–H and O–H groups in total. The van der Waals surface area contributed by atoms with Crippen molar-refractivity contribution in [2.24, 2.45) is 0 Å². The molecule has 2 nitrogen and oxygen atoms in total. The molecule has 3 rings (SSSR count). The van der Waals surface area contributed by atoms with E-state index in [0.29, 0.717) is 23.9 Å². The van der Waals surface area contributed by atoms with Crippen LogP contribution in [0.5, 0.6) is 5.75 Å². The second-order valence-electron chi connectivity index (χ2n) is 5.90. The second kappa shape index (κ2) is 8.28. The van der Waals surface area contributed by atoms with E-state index in [9.17, 15) is 0 Å². The van der Waals surface area contributed by atoms with Gasteiger partial charge < -0.3 is 10.1 Å². The molecule has 0 aliphatic carbocycles. The molecule has 3 aromatic rings. The van der Waals surface area contributed by atoms with Gasteiger partial charge in [0, 0.05) is 17.3 Å². The molecule has 0 heterocycles. The number of nitrogens with one attached hydrogen (secondary N) is 1. The number of aryl methyl sites for hydroxylation is 1. The summed E-state index contributed by atoms with van der Waals surface area (Å²) >= 11 is 12.2. The molecular weight excluding hydrogens is 353 g/mol. The first-order chi connectivity index (χ1) is 12.1. The topological polar surface area (TPSA) is 21.3 Å². The predicted octanol–water partition coefficient (Wildman–Crippen LogP) is 6.49. The summed E-state index contributed by atoms with van der Waals surface area (Å²) in [5.41, 5.74) is 4.46. The van der Waals surface area contributed by atoms with Crippen LogP contribution in [0.4, 0.5) is 5.69 Å². The molecule has 0 unspecified atom stereocenters. The molecule has 0 aliphatic heterocycles. The maximum absolute atomic E-state index is 6.35. The molecule has 0 radical (unpaired) electrons. The first-order valence-electron chi connectivity index (χ1n) is 8.06. The zero-order valence-corrected chi connectivity index (χ0v) is 15.4. The third-order valence-electron chi connectivity index (χ3n) is 3.85. The van der Waals surface area contributed by atoms with E-state index in [4.69, 9.17) is 27.9 Å². The maximum Gasteiger partial charge on any atom is 0.138 e. The van der Waals surface area contributed by atoms with Crippen molar-refractivity contribution in [2.45, 2.75) is 20.1 Å². The Balaban J connectivity index is 1.58. The van der Waals surface area contributed by atoms with Crippen LogP contribution in [0.2, 0.25) is 10.0 Å². The minimum atomic E-state index is 0.502. The predicted molar refractivity (Wildman–Crippen MR) is 106 cm³/mol. The minimum absolute atomic E-state index is 0.502. The lowest BCUT2D eigenvalue weighted by Crippen LogP contribution is -2.00. The van der Waals surface area contributed by atoms with Gasteiger partial charge in [0.25, 0.3) is 0 Å². The van der Waals surface area contributed by atoms with E-state index in [1.807, 2.05) is 42.5 Å². The smallest absolute Gasteiger partial charge is 0.138 e. The molecule has 0 fully saturated rings. The Morgan fingerprint density at radius 2 is 1.52 bits per heavy atom. The number of halogens is 2. The van der Waals surface area contributed by atoms with Crippen LogP contribution >= 0.6 is 23.2 Å². The Hall–Kier alpha value is -2.16. The van der Waals surface area contributed by atoms with Gasteiger partial charge in [-0.15, -0.1) is 0 Å². The zero-order valence-electron chi connectivity index (χ0n) is 13.9. The van der Waals surface area contributed by atoms with Gasteiger partial charge in [-0.25, -0.2) is 0 Å². The maximum atomic E-state index is 6.35. The highest BCUT2D eigenvalue weighted by atomic mass is 35.5. The first kappa shape index (κ1) is 17.7. The highest BCUT2D eigenvalue weighted by Gasteiger charge is 2.04. The quantitative estimate of drug-likeness (QED) is 0.534. The highest BCUT2D eigenvalue weighted by molar-refractivity contribution is 6.32. The molecule has 25 heavy (non-hydrogen) atoms. The van der Waals surface area contributed by atoms with Crippen molar-refractivity contribution in [2.75, 3.05) is 5.32 Å². The summed E-state index contributed by atoms with van der Waals surface area (Å²) < 4.78 is 5.83. The number of rotatable bonds is 6. The van der Waals surface area contributed by atoms with Crippen LogP contribution in [0.1, 0.15) is 16.7 Å². The van der Waals surface area contributed by atoms with E-state index < -0.39 is 0 Å². The van der Waals surface area contributed by atoms with E-state index >= 15 is 0 Å². The number of hydrogen-bond donors (Lipinski definition) is 1. The van der Waals surface area contributed by atoms with Crippen molar-refractivity contribution in [1.29, 1.82) is 0 Å². The zero-order chi connectivity index (χ0) is 17.6. The largest absolute Gasteiger partial charge is 0.487 e. The fourth-order valence-electron chi connectivity index (χ4n) is 2.39. The number of hydrogen-bond acceptors (Lipinski definition) is 2. The standard InChI is InChI=1S/C21H19Cl2NO/c1-15-2-4-16(5-3-15)14-25-21-11-6-17(12-20(21)23)13-24-19-9-7-18(22)8-10-19/h2-12,24H,13-14H2,1H3. The monoisotopic (exact) mass is 371 g/mol. The fourth-order valence-corrected chi connectivity index (χ4v) is 2.77. The molecule has 3 aromatic carbocycles. The number of anilines is 1. The average Bonchev–Trinajstić information content (AvgIpc) is 2.62. The highest BCUT2D eigenvalue weighted by Crippen LogP contribution is 2.27. The molecular formula is C21H19Cl2NO. The van der Waals surface area contributed by atoms with E-state index in [1.165, 1.54) is 5.56 Å². The van der Waals surface area contributed by atoms with Gasteiger partial charge in [0.05, 0.1) is 5.02 Å². The summed E-state index contributed by atoms with van der Waals surface area (Å²) in [5.74, 6) is 0.692. The molecule has 0 spiro atoms. The van der Waals surface area contributed by atoms with Gasteiger partial charge in [0.15, 0.2) is 0 Å². The lowest BCUT2D eigenvalue weighted by atomic mass is 10.2. The SMILES string of the molecule is Cc1ccc(COc2ccc(CNc3ccc(Cl)cc3)cc2Cl)cc1. The van der Waals surface area contributed by atoms with E-state index in [2.05, 4.69) is 36.5 Å². The van der Waals surface area contributed by atoms with E-state index in [-0.39, 0.29) is 0 Å². The van der Waals surface area contributed by atoms with Gasteiger partial charge in [-0.05, 0) is 54.4 Å². The Kier molecular flexibility index (Phi) is 5.85. The van der Waals surface area contributed by atoms with Gasteiger partial charge in [-0.2, -0.15) is 0 Å². The third-order valence-corrected chi connectivity index (χ3v) is 4.40. The van der Waals surface area contributed by atoms with Gasteiger partial charge in [0.1, 0.15) is 12.4 Å². The molecule has 0 aromatic heterocycles. The summed E-state index contributed by atoms with van der Waals surface area (Å²) in [7, 11) is 0. The van der Waals surface area contributed by atoms with Crippen molar-refractivity contribution in [3.63, 3.8) is 0 Å². The molecule has 0 saturated carbocycles. The minimum Gasteiger partial charge on any atom is -0.487 e. The van der Waals surface area contributed by atoms with Crippen molar-refractivity contribution >= 4 is 28.9 Å². The first-order valence-corrected chi connectivity index (χ1v) is 8.82. The molecule has 4 heteroatoms. The van der Waals surface area contributed by atoms with Gasteiger partial charge >= 0.3 is 0 Å². The van der Waals surface area contributed by atoms with Crippen LogP contribution in [0.15, 0.2) is 66.7 Å². The van der Waals surface area contributed by atoms with Crippen molar-refractivity contribution in [1.82, 2.24) is 0 Å². The second-order valence-corrected chi connectivity index (χ2v) is 6.74. The van der Waals surface area contributed by atoms with Crippen LogP contribution in [0.25, 0.3) is 0 Å². The summed E-state index contributed by atoms with van der Waals surface area (Å²) in [5, 5.41) is 4.68. The van der Waals surface area contributed by atoms with Gasteiger partial charge in [0.2, 0.25) is 0 Å². The van der Waals surface area contributed by atoms with Crippen LogP contribution in [0, 0.1) is 6.92 Å².